The van der Waals surface area contributed by atoms with E-state index in [1.807, 2.05) is 19.2 Å². The molecule has 0 atom stereocenters. The van der Waals surface area contributed by atoms with Crippen molar-refractivity contribution in [2.45, 2.75) is 38.7 Å². The van der Waals surface area contributed by atoms with E-state index in [2.05, 4.69) is 10.6 Å². The summed E-state index contributed by atoms with van der Waals surface area (Å²) in [4.78, 5) is 23.2. The third kappa shape index (κ3) is 5.30. The summed E-state index contributed by atoms with van der Waals surface area (Å²) >= 11 is 1.46. The number of aliphatic hydroxyl groups is 1. The summed E-state index contributed by atoms with van der Waals surface area (Å²) in [7, 11) is 0. The summed E-state index contributed by atoms with van der Waals surface area (Å²) < 4.78 is 0. The summed E-state index contributed by atoms with van der Waals surface area (Å²) in [5.41, 5.74) is -0.225. The molecule has 20 heavy (non-hydrogen) atoms. The van der Waals surface area contributed by atoms with Crippen LogP contribution < -0.4 is 10.6 Å². The summed E-state index contributed by atoms with van der Waals surface area (Å²) in [6.45, 7) is 4.31. The molecule has 1 rings (SSSR count). The summed E-state index contributed by atoms with van der Waals surface area (Å²) in [5, 5.41) is 19.0. The fourth-order valence-corrected chi connectivity index (χ4v) is 2.27. The van der Waals surface area contributed by atoms with Crippen molar-refractivity contribution in [2.75, 3.05) is 13.1 Å². The quantitative estimate of drug-likeness (QED) is 0.681. The molecule has 0 saturated heterocycles. The second kappa shape index (κ2) is 8.01. The van der Waals surface area contributed by atoms with Gasteiger partial charge in [-0.2, -0.15) is 11.3 Å². The number of carbonyl (C=O) groups is 2. The monoisotopic (exact) mass is 298 g/mol. The van der Waals surface area contributed by atoms with E-state index in [1.54, 1.807) is 11.4 Å². The van der Waals surface area contributed by atoms with Crippen LogP contribution in [-0.4, -0.2) is 35.6 Å². The lowest BCUT2D eigenvalue weighted by Crippen LogP contribution is -2.42. The van der Waals surface area contributed by atoms with Gasteiger partial charge in [0.25, 0.3) is 5.91 Å². The van der Waals surface area contributed by atoms with Gasteiger partial charge < -0.3 is 15.7 Å². The van der Waals surface area contributed by atoms with E-state index in [-0.39, 0.29) is 31.3 Å². The van der Waals surface area contributed by atoms with E-state index < -0.39 is 5.60 Å². The van der Waals surface area contributed by atoms with E-state index in [9.17, 15) is 14.7 Å². The molecule has 0 aliphatic carbocycles. The van der Waals surface area contributed by atoms with Gasteiger partial charge in [-0.05, 0) is 24.3 Å². The van der Waals surface area contributed by atoms with Gasteiger partial charge in [0.1, 0.15) is 0 Å². The van der Waals surface area contributed by atoms with Crippen LogP contribution >= 0.6 is 11.3 Å². The predicted octanol–water partition coefficient (Wildman–Crippen LogP) is 1.54. The standard InChI is InChI=1S/C14H22N2O3S/c1-3-14(19,4-2)10-16-12(17)5-7-15-13(18)11-6-8-20-9-11/h6,8-9,19H,3-5,7,10H2,1-2H3,(H,15,18)(H,16,17). The maximum absolute atomic E-state index is 11.6. The van der Waals surface area contributed by atoms with Crippen LogP contribution in [0.25, 0.3) is 0 Å². The van der Waals surface area contributed by atoms with Crippen molar-refractivity contribution in [3.8, 4) is 0 Å². The highest BCUT2D eigenvalue weighted by Gasteiger charge is 2.22. The Balaban J connectivity index is 2.22. The molecular formula is C14H22N2O3S. The van der Waals surface area contributed by atoms with Crippen LogP contribution in [0.1, 0.15) is 43.5 Å². The van der Waals surface area contributed by atoms with Gasteiger partial charge in [-0.25, -0.2) is 0 Å². The topological polar surface area (TPSA) is 78.4 Å². The lowest BCUT2D eigenvalue weighted by molar-refractivity contribution is -0.122. The van der Waals surface area contributed by atoms with Crippen LogP contribution in [0.4, 0.5) is 0 Å². The second-order valence-corrected chi connectivity index (χ2v) is 5.51. The first-order valence-corrected chi connectivity index (χ1v) is 7.74. The third-order valence-corrected chi connectivity index (χ3v) is 4.04. The van der Waals surface area contributed by atoms with Crippen molar-refractivity contribution in [2.24, 2.45) is 0 Å². The first kappa shape index (κ1) is 16.7. The smallest absolute Gasteiger partial charge is 0.252 e. The zero-order valence-electron chi connectivity index (χ0n) is 11.9. The summed E-state index contributed by atoms with van der Waals surface area (Å²) in [5.74, 6) is -0.339. The average Bonchev–Trinajstić information content (AvgIpc) is 2.99. The van der Waals surface area contributed by atoms with Crippen molar-refractivity contribution >= 4 is 23.2 Å². The van der Waals surface area contributed by atoms with Gasteiger partial charge in [-0.15, -0.1) is 0 Å². The summed E-state index contributed by atoms with van der Waals surface area (Å²) in [6.07, 6.45) is 1.40. The van der Waals surface area contributed by atoms with E-state index in [0.717, 1.165) is 0 Å². The van der Waals surface area contributed by atoms with Crippen LogP contribution in [0.2, 0.25) is 0 Å². The van der Waals surface area contributed by atoms with Gasteiger partial charge in [0, 0.05) is 30.5 Å². The van der Waals surface area contributed by atoms with Crippen molar-refractivity contribution in [3.05, 3.63) is 22.4 Å². The molecule has 0 unspecified atom stereocenters. The van der Waals surface area contributed by atoms with Gasteiger partial charge in [-0.3, -0.25) is 9.59 Å². The minimum Gasteiger partial charge on any atom is -0.388 e. The molecule has 2 amide bonds. The Morgan fingerprint density at radius 3 is 2.55 bits per heavy atom. The Hall–Kier alpha value is -1.40. The van der Waals surface area contributed by atoms with Crippen LogP contribution in [-0.2, 0) is 4.79 Å². The van der Waals surface area contributed by atoms with Gasteiger partial charge in [-0.1, -0.05) is 13.8 Å². The molecule has 1 aromatic rings. The third-order valence-electron chi connectivity index (χ3n) is 3.35. The van der Waals surface area contributed by atoms with E-state index in [1.165, 1.54) is 11.3 Å². The number of nitrogens with one attached hydrogen (secondary N) is 2. The van der Waals surface area contributed by atoms with E-state index in [0.29, 0.717) is 18.4 Å². The molecule has 0 fully saturated rings. The van der Waals surface area contributed by atoms with Crippen LogP contribution in [0.5, 0.6) is 0 Å². The van der Waals surface area contributed by atoms with Crippen molar-refractivity contribution < 1.29 is 14.7 Å². The molecule has 0 aliphatic rings. The van der Waals surface area contributed by atoms with E-state index >= 15 is 0 Å². The Kier molecular flexibility index (Phi) is 6.67. The molecule has 0 radical (unpaired) electrons. The maximum atomic E-state index is 11.6. The minimum atomic E-state index is -0.838. The maximum Gasteiger partial charge on any atom is 0.252 e. The largest absolute Gasteiger partial charge is 0.388 e. The normalized spacial score (nSPS) is 11.2. The first-order chi connectivity index (χ1) is 9.50. The molecule has 6 heteroatoms. The molecule has 0 aliphatic heterocycles. The van der Waals surface area contributed by atoms with Gasteiger partial charge in [0.05, 0.1) is 5.60 Å². The molecule has 0 saturated carbocycles. The van der Waals surface area contributed by atoms with E-state index in [4.69, 9.17) is 0 Å². The summed E-state index contributed by atoms with van der Waals surface area (Å²) in [6, 6.07) is 1.74. The van der Waals surface area contributed by atoms with Gasteiger partial charge in [0.15, 0.2) is 0 Å². The zero-order chi connectivity index (χ0) is 15.0. The SMILES string of the molecule is CCC(O)(CC)CNC(=O)CCNC(=O)c1ccsc1. The van der Waals surface area contributed by atoms with Crippen molar-refractivity contribution in [3.63, 3.8) is 0 Å². The highest BCUT2D eigenvalue weighted by atomic mass is 32.1. The number of hydrogen-bond acceptors (Lipinski definition) is 4. The van der Waals surface area contributed by atoms with Crippen LogP contribution in [0.15, 0.2) is 16.8 Å². The average molecular weight is 298 g/mol. The van der Waals surface area contributed by atoms with Gasteiger partial charge >= 0.3 is 0 Å². The Labute approximate surface area is 123 Å². The molecular weight excluding hydrogens is 276 g/mol. The number of thiophene rings is 1. The predicted molar refractivity (Wildman–Crippen MR) is 79.8 cm³/mol. The Morgan fingerprint density at radius 2 is 2.00 bits per heavy atom. The lowest BCUT2D eigenvalue weighted by Gasteiger charge is -2.25. The minimum absolute atomic E-state index is 0.169. The number of hydrogen-bond donors (Lipinski definition) is 3. The number of amides is 2. The molecule has 5 nitrogen and oxygen atoms in total. The molecule has 1 heterocycles. The molecule has 112 valence electrons. The molecule has 1 aromatic heterocycles. The first-order valence-electron chi connectivity index (χ1n) is 6.80. The fourth-order valence-electron chi connectivity index (χ4n) is 1.64. The Morgan fingerprint density at radius 1 is 1.30 bits per heavy atom. The highest BCUT2D eigenvalue weighted by molar-refractivity contribution is 7.08. The van der Waals surface area contributed by atoms with Gasteiger partial charge in [0.2, 0.25) is 5.91 Å². The molecule has 0 spiro atoms. The zero-order valence-corrected chi connectivity index (χ0v) is 12.8. The highest BCUT2D eigenvalue weighted by Crippen LogP contribution is 2.12. The number of rotatable bonds is 8. The fraction of sp³-hybridized carbons (Fsp3) is 0.571. The Bertz CT molecular complexity index is 428. The molecule has 0 aromatic carbocycles. The lowest BCUT2D eigenvalue weighted by atomic mass is 9.97. The van der Waals surface area contributed by atoms with Crippen LogP contribution in [0, 0.1) is 0 Å². The van der Waals surface area contributed by atoms with Crippen molar-refractivity contribution in [1.82, 2.24) is 10.6 Å². The second-order valence-electron chi connectivity index (χ2n) is 4.73. The van der Waals surface area contributed by atoms with Crippen LogP contribution in [0.3, 0.4) is 0 Å². The number of carbonyl (C=O) groups excluding carboxylic acids is 2. The molecule has 0 bridgehead atoms. The van der Waals surface area contributed by atoms with Crippen molar-refractivity contribution in [1.29, 1.82) is 0 Å². The molecule has 3 N–H and O–H groups in total.